The van der Waals surface area contributed by atoms with E-state index in [1.165, 1.54) is 0 Å². The molecule has 0 radical (unpaired) electrons. The molecule has 0 bridgehead atoms. The molecule has 2 aromatic heterocycles. The van der Waals surface area contributed by atoms with Gasteiger partial charge in [0.05, 0.1) is 37.2 Å². The molecule has 1 amide bonds. The third-order valence-corrected chi connectivity index (χ3v) is 5.28. The van der Waals surface area contributed by atoms with Gasteiger partial charge in [-0.25, -0.2) is 4.98 Å². The number of rotatable bonds is 6. The summed E-state index contributed by atoms with van der Waals surface area (Å²) in [5.41, 5.74) is 2.82. The molecule has 142 valence electrons. The highest BCUT2D eigenvalue weighted by Crippen LogP contribution is 2.33. The van der Waals surface area contributed by atoms with E-state index < -0.39 is 0 Å². The Bertz CT molecular complexity index is 977. The average Bonchev–Trinajstić information content (AvgIpc) is 3.20. The molecule has 0 aliphatic carbocycles. The van der Waals surface area contributed by atoms with Crippen LogP contribution < -0.4 is 14.8 Å². The molecular weight excluding hydrogens is 364 g/mol. The minimum absolute atomic E-state index is 0.191. The first-order valence-corrected chi connectivity index (χ1v) is 9.22. The normalized spacial score (nSPS) is 10.7. The molecular formula is C19H22N4O3S. The zero-order valence-electron chi connectivity index (χ0n) is 16.0. The van der Waals surface area contributed by atoms with E-state index in [0.29, 0.717) is 29.4 Å². The summed E-state index contributed by atoms with van der Waals surface area (Å²) in [5, 5.41) is 8.40. The third-order valence-electron chi connectivity index (χ3n) is 4.20. The number of ether oxygens (including phenoxy) is 2. The second-order valence-corrected chi connectivity index (χ2v) is 7.32. The molecule has 0 aliphatic heterocycles. The number of nitrogens with zero attached hydrogens (tertiary/aromatic N) is 3. The van der Waals surface area contributed by atoms with Gasteiger partial charge in [0.25, 0.3) is 5.91 Å². The fraction of sp³-hybridized carbons (Fsp3) is 0.316. The molecule has 0 spiro atoms. The van der Waals surface area contributed by atoms with Crippen LogP contribution in [0, 0.1) is 13.8 Å². The average molecular weight is 386 g/mol. The summed E-state index contributed by atoms with van der Waals surface area (Å²) in [6.45, 7) is 4.35. The molecule has 8 heteroatoms. The highest BCUT2D eigenvalue weighted by molar-refractivity contribution is 7.11. The topological polar surface area (TPSA) is 78.3 Å². The van der Waals surface area contributed by atoms with Gasteiger partial charge < -0.3 is 14.8 Å². The van der Waals surface area contributed by atoms with E-state index in [9.17, 15) is 4.79 Å². The molecule has 0 fully saturated rings. The molecule has 7 nitrogen and oxygen atoms in total. The number of hydrogen-bond acceptors (Lipinski definition) is 6. The number of benzene rings is 1. The number of methoxy groups -OCH3 is 2. The zero-order chi connectivity index (χ0) is 19.6. The van der Waals surface area contributed by atoms with E-state index in [-0.39, 0.29) is 5.91 Å². The van der Waals surface area contributed by atoms with Gasteiger partial charge in [0, 0.05) is 17.5 Å². The lowest BCUT2D eigenvalue weighted by Crippen LogP contribution is -2.25. The molecule has 0 saturated carbocycles. The number of nitrogens with one attached hydrogen (secondary N) is 1. The largest absolute Gasteiger partial charge is 0.497 e. The predicted molar refractivity (Wildman–Crippen MR) is 105 cm³/mol. The van der Waals surface area contributed by atoms with Crippen molar-refractivity contribution >= 4 is 17.2 Å². The summed E-state index contributed by atoms with van der Waals surface area (Å²) in [7, 11) is 4.94. The van der Waals surface area contributed by atoms with Crippen LogP contribution in [0.4, 0.5) is 0 Å². The van der Waals surface area contributed by atoms with E-state index in [0.717, 1.165) is 21.1 Å². The highest BCUT2D eigenvalue weighted by atomic mass is 32.1. The predicted octanol–water partition coefficient (Wildman–Crippen LogP) is 3.11. The zero-order valence-corrected chi connectivity index (χ0v) is 16.8. The van der Waals surface area contributed by atoms with Crippen molar-refractivity contribution in [2.75, 3.05) is 14.2 Å². The molecule has 27 heavy (non-hydrogen) atoms. The van der Waals surface area contributed by atoms with Crippen molar-refractivity contribution in [1.82, 2.24) is 20.1 Å². The first-order valence-electron chi connectivity index (χ1n) is 8.40. The van der Waals surface area contributed by atoms with Crippen molar-refractivity contribution in [2.24, 2.45) is 7.05 Å². The van der Waals surface area contributed by atoms with Gasteiger partial charge in [-0.1, -0.05) is 0 Å². The number of amides is 1. The van der Waals surface area contributed by atoms with Gasteiger partial charge in [0.15, 0.2) is 0 Å². The lowest BCUT2D eigenvalue weighted by molar-refractivity contribution is 0.0942. The first kappa shape index (κ1) is 18.9. The van der Waals surface area contributed by atoms with Gasteiger partial charge in [0.2, 0.25) is 0 Å². The van der Waals surface area contributed by atoms with E-state index in [2.05, 4.69) is 15.4 Å². The molecule has 3 rings (SSSR count). The second kappa shape index (κ2) is 7.79. The van der Waals surface area contributed by atoms with Crippen LogP contribution in [0.2, 0.25) is 0 Å². The Morgan fingerprint density at radius 1 is 1.22 bits per heavy atom. The van der Waals surface area contributed by atoms with Crippen molar-refractivity contribution in [3.63, 3.8) is 0 Å². The van der Waals surface area contributed by atoms with Crippen molar-refractivity contribution < 1.29 is 14.3 Å². The van der Waals surface area contributed by atoms with Gasteiger partial charge in [-0.3, -0.25) is 9.48 Å². The van der Waals surface area contributed by atoms with Gasteiger partial charge >= 0.3 is 0 Å². The highest BCUT2D eigenvalue weighted by Gasteiger charge is 2.18. The van der Waals surface area contributed by atoms with Gasteiger partial charge in [-0.2, -0.15) is 5.10 Å². The number of thiazole rings is 1. The number of carbonyl (C=O) groups is 1. The van der Waals surface area contributed by atoms with Gasteiger partial charge in [-0.05, 0) is 38.1 Å². The summed E-state index contributed by atoms with van der Waals surface area (Å²) in [4.78, 5) is 18.1. The monoisotopic (exact) mass is 386 g/mol. The van der Waals surface area contributed by atoms with Crippen LogP contribution in [0.25, 0.3) is 11.3 Å². The maximum Gasteiger partial charge on any atom is 0.269 e. The molecule has 2 heterocycles. The Morgan fingerprint density at radius 3 is 2.63 bits per heavy atom. The summed E-state index contributed by atoms with van der Waals surface area (Å²) in [5.74, 6) is 1.17. The lowest BCUT2D eigenvalue weighted by Gasteiger charge is -2.08. The van der Waals surface area contributed by atoms with Crippen LogP contribution in [-0.4, -0.2) is 34.9 Å². The lowest BCUT2D eigenvalue weighted by atomic mass is 10.1. The van der Waals surface area contributed by atoms with Crippen LogP contribution in [0.15, 0.2) is 24.3 Å². The quantitative estimate of drug-likeness (QED) is 0.704. The van der Waals surface area contributed by atoms with Gasteiger partial charge in [0.1, 0.15) is 17.2 Å². The van der Waals surface area contributed by atoms with Crippen molar-refractivity contribution in [1.29, 1.82) is 0 Å². The Morgan fingerprint density at radius 2 is 2.00 bits per heavy atom. The standard InChI is InChI=1S/C19H22N4O3S/c1-11-18(27-12(2)21-11)10-20-19(24)16-9-15(22-23(16)3)14-8-13(25-4)6-7-17(14)26-5/h6-9H,10H2,1-5H3,(H,20,24). The van der Waals surface area contributed by atoms with E-state index in [4.69, 9.17) is 9.47 Å². The maximum atomic E-state index is 12.6. The Labute approximate surface area is 162 Å². The summed E-state index contributed by atoms with van der Waals surface area (Å²) < 4.78 is 12.3. The minimum atomic E-state index is -0.191. The summed E-state index contributed by atoms with van der Waals surface area (Å²) in [6.07, 6.45) is 0. The summed E-state index contributed by atoms with van der Waals surface area (Å²) in [6, 6.07) is 7.22. The number of aryl methyl sites for hydroxylation is 3. The van der Waals surface area contributed by atoms with E-state index >= 15 is 0 Å². The summed E-state index contributed by atoms with van der Waals surface area (Å²) >= 11 is 1.59. The Hall–Kier alpha value is -2.87. The van der Waals surface area contributed by atoms with Crippen LogP contribution in [0.3, 0.4) is 0 Å². The molecule has 0 aliphatic rings. The van der Waals surface area contributed by atoms with Crippen LogP contribution in [-0.2, 0) is 13.6 Å². The first-order chi connectivity index (χ1) is 12.9. The van der Waals surface area contributed by atoms with Crippen LogP contribution in [0.5, 0.6) is 11.5 Å². The fourth-order valence-electron chi connectivity index (χ4n) is 2.81. The van der Waals surface area contributed by atoms with Crippen molar-refractivity contribution in [3.8, 4) is 22.8 Å². The second-order valence-electron chi connectivity index (χ2n) is 6.03. The van der Waals surface area contributed by atoms with Gasteiger partial charge in [-0.15, -0.1) is 11.3 Å². The molecule has 0 unspecified atom stereocenters. The minimum Gasteiger partial charge on any atom is -0.497 e. The van der Waals surface area contributed by atoms with Crippen molar-refractivity contribution in [3.05, 3.63) is 45.5 Å². The molecule has 0 atom stereocenters. The molecule has 3 aromatic rings. The maximum absolute atomic E-state index is 12.6. The number of carbonyl (C=O) groups excluding carboxylic acids is 1. The van der Waals surface area contributed by atoms with Crippen LogP contribution >= 0.6 is 11.3 Å². The van der Waals surface area contributed by atoms with Crippen LogP contribution in [0.1, 0.15) is 26.1 Å². The Balaban J connectivity index is 1.84. The molecule has 1 aromatic carbocycles. The number of hydrogen-bond donors (Lipinski definition) is 1. The van der Waals surface area contributed by atoms with E-state index in [1.54, 1.807) is 43.4 Å². The van der Waals surface area contributed by atoms with E-state index in [1.807, 2.05) is 32.0 Å². The molecule has 1 N–H and O–H groups in total. The SMILES string of the molecule is COc1ccc(OC)c(-c2cc(C(=O)NCc3sc(C)nc3C)n(C)n2)c1. The third kappa shape index (κ3) is 3.95. The number of aromatic nitrogens is 3. The fourth-order valence-corrected chi connectivity index (χ4v) is 3.69. The van der Waals surface area contributed by atoms with Crippen molar-refractivity contribution in [2.45, 2.75) is 20.4 Å². The smallest absolute Gasteiger partial charge is 0.269 e. The Kier molecular flexibility index (Phi) is 5.46. The molecule has 0 saturated heterocycles.